The maximum absolute atomic E-state index is 5.32. The van der Waals surface area contributed by atoms with Gasteiger partial charge in [-0.1, -0.05) is 0 Å². The summed E-state index contributed by atoms with van der Waals surface area (Å²) in [5, 5.41) is 0. The zero-order valence-electron chi connectivity index (χ0n) is 10.8. The van der Waals surface area contributed by atoms with Crippen molar-refractivity contribution in [2.75, 3.05) is 14.2 Å². The summed E-state index contributed by atoms with van der Waals surface area (Å²) in [5.74, 6) is 1.51. The van der Waals surface area contributed by atoms with Crippen LogP contribution in [0.1, 0.15) is 5.56 Å². The topological polar surface area (TPSA) is 30.8 Å². The van der Waals surface area contributed by atoms with E-state index in [2.05, 4.69) is 27.6 Å². The Morgan fingerprint density at radius 2 is 1.74 bits per heavy atom. The first kappa shape index (κ1) is 13.9. The molecule has 2 rings (SSSR count). The van der Waals surface area contributed by atoms with Gasteiger partial charge in [-0.15, -0.1) is 0 Å². The number of rotatable bonds is 4. The standard InChI is InChI=1S/C15H14INO2/c1-18-14-8-3-11(15(9-14)19-2)10-17-13-6-4-12(16)5-7-13/h3-10H,1-2H3. The highest BCUT2D eigenvalue weighted by Gasteiger charge is 2.02. The van der Waals surface area contributed by atoms with Crippen molar-refractivity contribution in [2.45, 2.75) is 0 Å². The molecule has 0 amide bonds. The molecular weight excluding hydrogens is 353 g/mol. The second kappa shape index (κ2) is 6.56. The molecule has 19 heavy (non-hydrogen) atoms. The molecule has 0 aliphatic heterocycles. The minimum atomic E-state index is 0.744. The van der Waals surface area contributed by atoms with Crippen molar-refractivity contribution < 1.29 is 9.47 Å². The van der Waals surface area contributed by atoms with E-state index < -0.39 is 0 Å². The van der Waals surface area contributed by atoms with Gasteiger partial charge < -0.3 is 9.47 Å². The lowest BCUT2D eigenvalue weighted by Crippen LogP contribution is -1.92. The molecule has 2 aromatic carbocycles. The largest absolute Gasteiger partial charge is 0.497 e. The number of hydrogen-bond donors (Lipinski definition) is 0. The van der Waals surface area contributed by atoms with Crippen molar-refractivity contribution in [2.24, 2.45) is 4.99 Å². The van der Waals surface area contributed by atoms with Gasteiger partial charge in [0.1, 0.15) is 11.5 Å². The van der Waals surface area contributed by atoms with E-state index in [0.29, 0.717) is 0 Å². The summed E-state index contributed by atoms with van der Waals surface area (Å²) < 4.78 is 11.7. The highest BCUT2D eigenvalue weighted by Crippen LogP contribution is 2.24. The molecule has 0 saturated carbocycles. The monoisotopic (exact) mass is 367 g/mol. The summed E-state index contributed by atoms with van der Waals surface area (Å²) in [7, 11) is 3.27. The number of aliphatic imine (C=N–C) groups is 1. The number of ether oxygens (including phenoxy) is 2. The van der Waals surface area contributed by atoms with Gasteiger partial charge in [0, 0.05) is 21.4 Å². The van der Waals surface area contributed by atoms with Crippen molar-refractivity contribution >= 4 is 34.5 Å². The molecule has 98 valence electrons. The Morgan fingerprint density at radius 3 is 2.37 bits per heavy atom. The first-order valence-electron chi connectivity index (χ1n) is 5.74. The molecule has 0 unspecified atom stereocenters. The fraction of sp³-hybridized carbons (Fsp3) is 0.133. The van der Waals surface area contributed by atoms with Crippen LogP contribution in [0.15, 0.2) is 47.5 Å². The minimum absolute atomic E-state index is 0.744. The Hall–Kier alpha value is -1.56. The third-order valence-corrected chi connectivity index (χ3v) is 3.34. The average Bonchev–Trinajstić information content (AvgIpc) is 2.46. The fourth-order valence-corrected chi connectivity index (χ4v) is 1.96. The smallest absolute Gasteiger partial charge is 0.131 e. The molecule has 0 heterocycles. The minimum Gasteiger partial charge on any atom is -0.497 e. The first-order chi connectivity index (χ1) is 9.22. The maximum Gasteiger partial charge on any atom is 0.131 e. The number of halogens is 1. The summed E-state index contributed by atoms with van der Waals surface area (Å²) in [5.41, 5.74) is 1.83. The van der Waals surface area contributed by atoms with Crippen molar-refractivity contribution in [1.82, 2.24) is 0 Å². The molecule has 0 fully saturated rings. The Labute approximate surface area is 126 Å². The second-order valence-corrected chi connectivity index (χ2v) is 5.09. The van der Waals surface area contributed by atoms with E-state index in [1.807, 2.05) is 42.5 Å². The third-order valence-electron chi connectivity index (χ3n) is 2.62. The summed E-state index contributed by atoms with van der Waals surface area (Å²) in [6.07, 6.45) is 1.79. The van der Waals surface area contributed by atoms with E-state index in [4.69, 9.17) is 9.47 Å². The molecule has 0 aliphatic carbocycles. The lowest BCUT2D eigenvalue weighted by Gasteiger charge is -2.06. The quantitative estimate of drug-likeness (QED) is 0.603. The van der Waals surface area contributed by atoms with Crippen LogP contribution >= 0.6 is 22.6 Å². The van der Waals surface area contributed by atoms with Gasteiger partial charge in [-0.2, -0.15) is 0 Å². The van der Waals surface area contributed by atoms with E-state index in [1.165, 1.54) is 3.57 Å². The molecule has 0 radical (unpaired) electrons. The predicted molar refractivity (Wildman–Crippen MR) is 86.0 cm³/mol. The molecular formula is C15H14INO2. The van der Waals surface area contributed by atoms with E-state index in [-0.39, 0.29) is 0 Å². The Kier molecular flexibility index (Phi) is 4.79. The summed E-state index contributed by atoms with van der Waals surface area (Å²) in [6.45, 7) is 0. The lowest BCUT2D eigenvalue weighted by molar-refractivity contribution is 0.394. The highest BCUT2D eigenvalue weighted by atomic mass is 127. The SMILES string of the molecule is COc1ccc(C=Nc2ccc(I)cc2)c(OC)c1. The molecule has 0 spiro atoms. The van der Waals surface area contributed by atoms with E-state index >= 15 is 0 Å². The van der Waals surface area contributed by atoms with Gasteiger partial charge >= 0.3 is 0 Å². The molecule has 0 saturated heterocycles. The molecule has 4 heteroatoms. The van der Waals surface area contributed by atoms with Crippen LogP contribution < -0.4 is 9.47 Å². The maximum atomic E-state index is 5.32. The zero-order valence-corrected chi connectivity index (χ0v) is 12.9. The Balaban J connectivity index is 2.25. The normalized spacial score (nSPS) is 10.7. The molecule has 0 aliphatic rings. The van der Waals surface area contributed by atoms with Gasteiger partial charge in [0.25, 0.3) is 0 Å². The van der Waals surface area contributed by atoms with Crippen LogP contribution in [0.5, 0.6) is 11.5 Å². The van der Waals surface area contributed by atoms with Gasteiger partial charge in [-0.05, 0) is 59.0 Å². The van der Waals surface area contributed by atoms with Crippen molar-refractivity contribution in [3.63, 3.8) is 0 Å². The molecule has 0 bridgehead atoms. The highest BCUT2D eigenvalue weighted by molar-refractivity contribution is 14.1. The number of methoxy groups -OCH3 is 2. The van der Waals surface area contributed by atoms with Gasteiger partial charge in [0.2, 0.25) is 0 Å². The van der Waals surface area contributed by atoms with Gasteiger partial charge in [-0.25, -0.2) is 0 Å². The van der Waals surface area contributed by atoms with Crippen LogP contribution in [0.4, 0.5) is 5.69 Å². The Bertz CT molecular complexity index is 579. The lowest BCUT2D eigenvalue weighted by atomic mass is 10.2. The summed E-state index contributed by atoms with van der Waals surface area (Å²) in [4.78, 5) is 4.43. The van der Waals surface area contributed by atoms with Crippen LogP contribution in [-0.2, 0) is 0 Å². The third kappa shape index (κ3) is 3.70. The number of hydrogen-bond acceptors (Lipinski definition) is 3. The zero-order chi connectivity index (χ0) is 13.7. The first-order valence-corrected chi connectivity index (χ1v) is 6.82. The fourth-order valence-electron chi connectivity index (χ4n) is 1.60. The molecule has 0 atom stereocenters. The summed E-state index contributed by atoms with van der Waals surface area (Å²) >= 11 is 2.27. The number of nitrogens with zero attached hydrogens (tertiary/aromatic N) is 1. The van der Waals surface area contributed by atoms with Crippen molar-refractivity contribution in [3.05, 3.63) is 51.6 Å². The predicted octanol–water partition coefficient (Wildman–Crippen LogP) is 4.06. The second-order valence-electron chi connectivity index (χ2n) is 3.84. The van der Waals surface area contributed by atoms with Crippen LogP contribution in [0.2, 0.25) is 0 Å². The van der Waals surface area contributed by atoms with E-state index in [1.54, 1.807) is 20.4 Å². The van der Waals surface area contributed by atoms with Crippen molar-refractivity contribution in [3.8, 4) is 11.5 Å². The van der Waals surface area contributed by atoms with Gasteiger partial charge in [-0.3, -0.25) is 4.99 Å². The molecule has 0 aromatic heterocycles. The van der Waals surface area contributed by atoms with E-state index in [9.17, 15) is 0 Å². The van der Waals surface area contributed by atoms with Crippen molar-refractivity contribution in [1.29, 1.82) is 0 Å². The summed E-state index contributed by atoms with van der Waals surface area (Å²) in [6, 6.07) is 13.7. The molecule has 0 N–H and O–H groups in total. The van der Waals surface area contributed by atoms with Crippen LogP contribution in [0, 0.1) is 3.57 Å². The molecule has 3 nitrogen and oxygen atoms in total. The van der Waals surface area contributed by atoms with Gasteiger partial charge in [0.15, 0.2) is 0 Å². The molecule has 2 aromatic rings. The van der Waals surface area contributed by atoms with Gasteiger partial charge in [0.05, 0.1) is 19.9 Å². The van der Waals surface area contributed by atoms with Crippen LogP contribution in [-0.4, -0.2) is 20.4 Å². The van der Waals surface area contributed by atoms with Crippen LogP contribution in [0.3, 0.4) is 0 Å². The Morgan fingerprint density at radius 1 is 1.00 bits per heavy atom. The van der Waals surface area contributed by atoms with E-state index in [0.717, 1.165) is 22.7 Å². The average molecular weight is 367 g/mol. The number of benzene rings is 2. The van der Waals surface area contributed by atoms with Crippen LogP contribution in [0.25, 0.3) is 0 Å².